The van der Waals surface area contributed by atoms with E-state index >= 15 is 0 Å². The molecule has 0 unspecified atom stereocenters. The third kappa shape index (κ3) is 6.59. The number of benzene rings is 1. The molecule has 2 aromatic rings. The highest BCUT2D eigenvalue weighted by Crippen LogP contribution is 2.33. The SMILES string of the molecule is CCCN(CCC)C(=O)C1=Cc2ccc(-c3cc(C=O)c(/C=C\N(C)CC(=O)NC)n3C)cc2N=C(N)C1. The normalized spacial score (nSPS) is 12.9. The van der Waals surface area contributed by atoms with Gasteiger partial charge in [0.25, 0.3) is 0 Å². The molecule has 9 nitrogen and oxygen atoms in total. The maximum Gasteiger partial charge on any atom is 0.250 e. The lowest BCUT2D eigenvalue weighted by Gasteiger charge is -2.22. The van der Waals surface area contributed by atoms with E-state index in [0.29, 0.717) is 42.2 Å². The average molecular weight is 519 g/mol. The van der Waals surface area contributed by atoms with Crippen LogP contribution < -0.4 is 11.1 Å². The van der Waals surface area contributed by atoms with E-state index in [9.17, 15) is 14.4 Å². The van der Waals surface area contributed by atoms with Crippen molar-refractivity contribution in [2.75, 3.05) is 33.7 Å². The fourth-order valence-corrected chi connectivity index (χ4v) is 4.52. The zero-order valence-corrected chi connectivity index (χ0v) is 23.0. The number of carbonyl (C=O) groups is 3. The minimum atomic E-state index is -0.104. The van der Waals surface area contributed by atoms with E-state index in [0.717, 1.165) is 41.6 Å². The molecule has 0 spiro atoms. The third-order valence-corrected chi connectivity index (χ3v) is 6.44. The number of amides is 2. The van der Waals surface area contributed by atoms with Gasteiger partial charge in [-0.1, -0.05) is 26.0 Å². The summed E-state index contributed by atoms with van der Waals surface area (Å²) in [6.07, 6.45) is 8.38. The molecule has 0 saturated heterocycles. The highest BCUT2D eigenvalue weighted by Gasteiger charge is 2.21. The first kappa shape index (κ1) is 28.4. The van der Waals surface area contributed by atoms with Crippen molar-refractivity contribution in [3.05, 3.63) is 52.9 Å². The van der Waals surface area contributed by atoms with E-state index in [1.165, 1.54) is 0 Å². The average Bonchev–Trinajstić information content (AvgIpc) is 3.11. The van der Waals surface area contributed by atoms with E-state index in [-0.39, 0.29) is 18.4 Å². The zero-order valence-electron chi connectivity index (χ0n) is 23.0. The van der Waals surface area contributed by atoms with E-state index in [2.05, 4.69) is 24.2 Å². The van der Waals surface area contributed by atoms with Gasteiger partial charge in [-0.05, 0) is 37.1 Å². The van der Waals surface area contributed by atoms with Crippen LogP contribution in [0.2, 0.25) is 0 Å². The molecular weight excluding hydrogens is 480 g/mol. The molecule has 1 aromatic carbocycles. The van der Waals surface area contributed by atoms with Crippen molar-refractivity contribution in [2.24, 2.45) is 17.8 Å². The molecule has 3 rings (SSSR count). The Morgan fingerprint density at radius 2 is 1.89 bits per heavy atom. The number of aldehydes is 1. The number of aliphatic imine (C=N–C) groups is 1. The third-order valence-electron chi connectivity index (χ3n) is 6.44. The first-order valence-corrected chi connectivity index (χ1v) is 12.9. The van der Waals surface area contributed by atoms with Crippen LogP contribution in [0.25, 0.3) is 23.4 Å². The lowest BCUT2D eigenvalue weighted by Crippen LogP contribution is -2.34. The molecule has 0 radical (unpaired) electrons. The molecular formula is C29H38N6O3. The number of nitrogens with one attached hydrogen (secondary N) is 1. The number of hydrogen-bond acceptors (Lipinski definition) is 6. The van der Waals surface area contributed by atoms with Crippen molar-refractivity contribution in [2.45, 2.75) is 33.1 Å². The highest BCUT2D eigenvalue weighted by molar-refractivity contribution is 6.05. The van der Waals surface area contributed by atoms with Gasteiger partial charge in [0, 0.05) is 74.8 Å². The zero-order chi connectivity index (χ0) is 27.8. The van der Waals surface area contributed by atoms with Crippen LogP contribution in [0.3, 0.4) is 0 Å². The Kier molecular flexibility index (Phi) is 9.65. The molecule has 0 atom stereocenters. The van der Waals surface area contributed by atoms with Crippen molar-refractivity contribution in [3.63, 3.8) is 0 Å². The van der Waals surface area contributed by atoms with Gasteiger partial charge in [0.05, 0.1) is 17.9 Å². The van der Waals surface area contributed by atoms with Crippen LogP contribution in [0.5, 0.6) is 0 Å². The number of nitrogens with two attached hydrogens (primary N) is 1. The Labute approximate surface area is 224 Å². The van der Waals surface area contributed by atoms with Gasteiger partial charge < -0.3 is 25.4 Å². The minimum Gasteiger partial charge on any atom is -0.387 e. The second-order valence-corrected chi connectivity index (χ2v) is 9.47. The molecule has 2 amide bonds. The molecule has 0 bridgehead atoms. The Balaban J connectivity index is 1.96. The standard InChI is InChI=1S/C29H38N6O3/c1-6-11-35(12-7-2)29(38)22-14-20-8-9-21(15-24(20)32-27(30)17-22)26-16-23(19-36)25(34(26)5)10-13-33(4)18-28(37)31-3/h8-10,13-16,19H,6-7,11-12,17-18H2,1-5H3,(H2,30,32)(H,31,37)/b13-10-. The van der Waals surface area contributed by atoms with E-state index in [1.54, 1.807) is 25.2 Å². The van der Waals surface area contributed by atoms with E-state index in [1.807, 2.05) is 52.9 Å². The lowest BCUT2D eigenvalue weighted by atomic mass is 10.0. The summed E-state index contributed by atoms with van der Waals surface area (Å²) in [6.45, 7) is 5.75. The van der Waals surface area contributed by atoms with Crippen LogP contribution >= 0.6 is 0 Å². The molecule has 202 valence electrons. The Bertz CT molecular complexity index is 1280. The minimum absolute atomic E-state index is 0.000323. The summed E-state index contributed by atoms with van der Waals surface area (Å²) in [4.78, 5) is 45.0. The maximum atomic E-state index is 13.3. The number of rotatable bonds is 11. The number of fused-ring (bicyclic) bond motifs is 1. The fraction of sp³-hybridized carbons (Fsp3) is 0.379. The molecule has 9 heteroatoms. The van der Waals surface area contributed by atoms with Crippen LogP contribution in [-0.2, 0) is 16.6 Å². The number of nitrogens with zero attached hydrogens (tertiary/aromatic N) is 4. The number of hydrogen-bond donors (Lipinski definition) is 2. The van der Waals surface area contributed by atoms with Crippen molar-refractivity contribution >= 4 is 41.8 Å². The van der Waals surface area contributed by atoms with Crippen LogP contribution in [-0.4, -0.2) is 72.0 Å². The second-order valence-electron chi connectivity index (χ2n) is 9.47. The van der Waals surface area contributed by atoms with Crippen LogP contribution in [0.4, 0.5) is 5.69 Å². The van der Waals surface area contributed by atoms with Gasteiger partial charge in [0.1, 0.15) is 5.84 Å². The largest absolute Gasteiger partial charge is 0.387 e. The number of amidine groups is 1. The van der Waals surface area contributed by atoms with Gasteiger partial charge in [-0.2, -0.15) is 0 Å². The smallest absolute Gasteiger partial charge is 0.250 e. The quantitative estimate of drug-likeness (QED) is 0.442. The summed E-state index contributed by atoms with van der Waals surface area (Å²) < 4.78 is 1.93. The molecule has 1 aliphatic heterocycles. The van der Waals surface area contributed by atoms with Crippen molar-refractivity contribution in [1.82, 2.24) is 19.7 Å². The number of aromatic nitrogens is 1. The lowest BCUT2D eigenvalue weighted by molar-refractivity contribution is -0.127. The summed E-state index contributed by atoms with van der Waals surface area (Å²) in [5.41, 5.74) is 11.3. The summed E-state index contributed by atoms with van der Waals surface area (Å²) in [7, 11) is 5.27. The molecule has 0 saturated carbocycles. The molecule has 0 aliphatic carbocycles. The first-order chi connectivity index (χ1) is 18.2. The first-order valence-electron chi connectivity index (χ1n) is 12.9. The summed E-state index contributed by atoms with van der Waals surface area (Å²) in [6, 6.07) is 7.65. The van der Waals surface area contributed by atoms with Gasteiger partial charge >= 0.3 is 0 Å². The summed E-state index contributed by atoms with van der Waals surface area (Å²) >= 11 is 0. The molecule has 38 heavy (non-hydrogen) atoms. The monoisotopic (exact) mass is 518 g/mol. The van der Waals surface area contributed by atoms with Gasteiger partial charge in [0.15, 0.2) is 6.29 Å². The topological polar surface area (TPSA) is 113 Å². The molecule has 0 fully saturated rings. The Hall–Kier alpha value is -4.14. The van der Waals surface area contributed by atoms with Crippen molar-refractivity contribution in [3.8, 4) is 11.3 Å². The summed E-state index contributed by atoms with van der Waals surface area (Å²) in [5, 5.41) is 2.59. The van der Waals surface area contributed by atoms with Crippen molar-refractivity contribution < 1.29 is 14.4 Å². The predicted octanol–water partition coefficient (Wildman–Crippen LogP) is 3.58. The fourth-order valence-electron chi connectivity index (χ4n) is 4.52. The predicted molar refractivity (Wildman–Crippen MR) is 153 cm³/mol. The second kappa shape index (κ2) is 12.9. The molecule has 2 heterocycles. The molecule has 3 N–H and O–H groups in total. The maximum absolute atomic E-state index is 13.3. The van der Waals surface area contributed by atoms with E-state index < -0.39 is 0 Å². The Morgan fingerprint density at radius 1 is 1.18 bits per heavy atom. The van der Waals surface area contributed by atoms with Gasteiger partial charge in [0.2, 0.25) is 11.8 Å². The van der Waals surface area contributed by atoms with Crippen LogP contribution in [0.1, 0.15) is 54.7 Å². The number of carbonyl (C=O) groups excluding carboxylic acids is 3. The number of likely N-dealkylation sites (N-methyl/N-ethyl adjacent to an activating group) is 2. The Morgan fingerprint density at radius 3 is 2.53 bits per heavy atom. The van der Waals surface area contributed by atoms with Gasteiger partial charge in [-0.25, -0.2) is 4.99 Å². The molecule has 1 aromatic heterocycles. The van der Waals surface area contributed by atoms with Crippen LogP contribution in [0.15, 0.2) is 41.0 Å². The van der Waals surface area contributed by atoms with Gasteiger partial charge in [-0.3, -0.25) is 14.4 Å². The van der Waals surface area contributed by atoms with Crippen LogP contribution in [0, 0.1) is 0 Å². The molecule has 1 aliphatic rings. The summed E-state index contributed by atoms with van der Waals surface area (Å²) in [5.74, 6) is 0.281. The van der Waals surface area contributed by atoms with Gasteiger partial charge in [-0.15, -0.1) is 0 Å². The van der Waals surface area contributed by atoms with Crippen molar-refractivity contribution in [1.29, 1.82) is 0 Å². The van der Waals surface area contributed by atoms with E-state index in [4.69, 9.17) is 5.73 Å². The highest BCUT2D eigenvalue weighted by atomic mass is 16.2.